The molecule has 8 heteroatoms. The first-order valence-electron chi connectivity index (χ1n) is 9.98. The van der Waals surface area contributed by atoms with Gasteiger partial charge in [0.15, 0.2) is 0 Å². The van der Waals surface area contributed by atoms with Gasteiger partial charge in [0.05, 0.1) is 19.3 Å². The van der Waals surface area contributed by atoms with Crippen LogP contribution in [0.4, 0.5) is 10.5 Å². The van der Waals surface area contributed by atoms with Crippen molar-refractivity contribution in [2.45, 2.75) is 37.8 Å². The first-order chi connectivity index (χ1) is 14.0. The van der Waals surface area contributed by atoms with Gasteiger partial charge in [0, 0.05) is 30.2 Å². The molecule has 0 aliphatic heterocycles. The summed E-state index contributed by atoms with van der Waals surface area (Å²) < 4.78 is 5.33. The van der Waals surface area contributed by atoms with Crippen molar-refractivity contribution >= 4 is 28.6 Å². The highest BCUT2D eigenvalue weighted by Gasteiger charge is 2.37. The number of hydrogen-bond acceptors (Lipinski definition) is 5. The molecule has 1 aromatic carbocycles. The second-order valence-electron chi connectivity index (χ2n) is 7.90. The predicted molar refractivity (Wildman–Crippen MR) is 109 cm³/mol. The van der Waals surface area contributed by atoms with Gasteiger partial charge in [-0.3, -0.25) is 14.7 Å². The van der Waals surface area contributed by atoms with E-state index in [1.807, 2.05) is 12.1 Å². The van der Waals surface area contributed by atoms with Gasteiger partial charge in [-0.1, -0.05) is 0 Å². The van der Waals surface area contributed by atoms with E-state index in [1.54, 1.807) is 25.4 Å². The summed E-state index contributed by atoms with van der Waals surface area (Å²) in [4.78, 5) is 30.0. The lowest BCUT2D eigenvalue weighted by Crippen LogP contribution is -2.55. The number of aromatic nitrogens is 1. The lowest BCUT2D eigenvalue weighted by molar-refractivity contribution is -0.139. The molecule has 2 aliphatic carbocycles. The number of aliphatic carboxylic acids is 1. The fourth-order valence-electron chi connectivity index (χ4n) is 3.92. The molecule has 3 N–H and O–H groups in total. The predicted octanol–water partition coefficient (Wildman–Crippen LogP) is 2.69. The monoisotopic (exact) mass is 398 g/mol. The fraction of sp³-hybridized carbons (Fsp3) is 0.476. The molecule has 1 heterocycles. The Kier molecular flexibility index (Phi) is 5.53. The number of benzene rings is 1. The van der Waals surface area contributed by atoms with Crippen molar-refractivity contribution in [3.63, 3.8) is 0 Å². The van der Waals surface area contributed by atoms with Crippen molar-refractivity contribution in [2.24, 2.45) is 5.92 Å². The summed E-state index contributed by atoms with van der Waals surface area (Å²) in [6, 6.07) is 7.30. The summed E-state index contributed by atoms with van der Waals surface area (Å²) in [5.74, 6) is 0.504. The number of amides is 2. The van der Waals surface area contributed by atoms with Gasteiger partial charge >= 0.3 is 12.0 Å². The van der Waals surface area contributed by atoms with Crippen LogP contribution in [0, 0.1) is 5.92 Å². The Morgan fingerprint density at radius 2 is 2.07 bits per heavy atom. The number of methoxy groups -OCH3 is 1. The number of ether oxygens (including phenoxy) is 1. The molecule has 29 heavy (non-hydrogen) atoms. The molecule has 2 aliphatic rings. The third-order valence-corrected chi connectivity index (χ3v) is 5.69. The smallest absolute Gasteiger partial charge is 0.319 e. The molecule has 1 aromatic heterocycles. The van der Waals surface area contributed by atoms with E-state index in [4.69, 9.17) is 9.84 Å². The zero-order chi connectivity index (χ0) is 20.4. The SMILES string of the molecule is COc1ccc(NC(=O)NC2CC(N(CC(=O)O)CC3CC3)C2)c2cccnc12. The summed E-state index contributed by atoms with van der Waals surface area (Å²) >= 11 is 0. The maximum Gasteiger partial charge on any atom is 0.319 e. The molecule has 8 nitrogen and oxygen atoms in total. The number of carboxylic acids is 1. The van der Waals surface area contributed by atoms with Gasteiger partial charge in [0.1, 0.15) is 11.3 Å². The molecule has 154 valence electrons. The van der Waals surface area contributed by atoms with E-state index in [-0.39, 0.29) is 24.7 Å². The van der Waals surface area contributed by atoms with Crippen LogP contribution in [-0.2, 0) is 4.79 Å². The fourth-order valence-corrected chi connectivity index (χ4v) is 3.92. The highest BCUT2D eigenvalue weighted by atomic mass is 16.5. The normalized spacial score (nSPS) is 20.9. The molecular weight excluding hydrogens is 372 g/mol. The van der Waals surface area contributed by atoms with Gasteiger partial charge in [-0.15, -0.1) is 0 Å². The quantitative estimate of drug-likeness (QED) is 0.632. The molecule has 0 unspecified atom stereocenters. The largest absolute Gasteiger partial charge is 0.494 e. The van der Waals surface area contributed by atoms with Crippen LogP contribution < -0.4 is 15.4 Å². The minimum absolute atomic E-state index is 0.0538. The summed E-state index contributed by atoms with van der Waals surface area (Å²) in [6.45, 7) is 0.922. The van der Waals surface area contributed by atoms with Gasteiger partial charge in [-0.25, -0.2) is 4.79 Å². The van der Waals surface area contributed by atoms with Crippen molar-refractivity contribution in [2.75, 3.05) is 25.5 Å². The number of pyridine rings is 1. The van der Waals surface area contributed by atoms with Gasteiger partial charge < -0.3 is 20.5 Å². The lowest BCUT2D eigenvalue weighted by Gasteiger charge is -2.42. The van der Waals surface area contributed by atoms with Crippen LogP contribution in [0.5, 0.6) is 5.75 Å². The molecule has 2 amide bonds. The molecule has 0 spiro atoms. The van der Waals surface area contributed by atoms with Crippen LogP contribution in [-0.4, -0.2) is 59.3 Å². The number of carboxylic acid groups (broad SMARTS) is 1. The van der Waals surface area contributed by atoms with Gasteiger partial charge in [-0.2, -0.15) is 0 Å². The number of nitrogens with zero attached hydrogens (tertiary/aromatic N) is 2. The minimum Gasteiger partial charge on any atom is -0.494 e. The highest BCUT2D eigenvalue weighted by molar-refractivity contribution is 6.02. The maximum absolute atomic E-state index is 12.5. The average molecular weight is 398 g/mol. The number of hydrogen-bond donors (Lipinski definition) is 3. The van der Waals surface area contributed by atoms with Crippen LogP contribution in [0.1, 0.15) is 25.7 Å². The van der Waals surface area contributed by atoms with Crippen molar-refractivity contribution < 1.29 is 19.4 Å². The second kappa shape index (κ2) is 8.24. The Morgan fingerprint density at radius 1 is 1.28 bits per heavy atom. The Hall–Kier alpha value is -2.87. The van der Waals surface area contributed by atoms with Crippen LogP contribution >= 0.6 is 0 Å². The number of urea groups is 1. The third kappa shape index (κ3) is 4.59. The Bertz CT molecular complexity index is 909. The molecule has 0 atom stereocenters. The first kappa shape index (κ1) is 19.4. The molecule has 0 radical (unpaired) electrons. The van der Waals surface area contributed by atoms with E-state index in [2.05, 4.69) is 20.5 Å². The van der Waals surface area contributed by atoms with Crippen molar-refractivity contribution in [3.05, 3.63) is 30.5 Å². The number of carbonyl (C=O) groups is 2. The minimum atomic E-state index is -0.792. The van der Waals surface area contributed by atoms with Gasteiger partial charge in [-0.05, 0) is 55.9 Å². The number of fused-ring (bicyclic) bond motifs is 1. The van der Waals surface area contributed by atoms with E-state index in [9.17, 15) is 9.59 Å². The molecule has 2 aromatic rings. The van der Waals surface area contributed by atoms with Crippen molar-refractivity contribution in [3.8, 4) is 5.75 Å². The van der Waals surface area contributed by atoms with E-state index < -0.39 is 5.97 Å². The summed E-state index contributed by atoms with van der Waals surface area (Å²) in [7, 11) is 1.59. The summed E-state index contributed by atoms with van der Waals surface area (Å²) in [6.07, 6.45) is 5.62. The summed E-state index contributed by atoms with van der Waals surface area (Å²) in [5, 5.41) is 15.9. The van der Waals surface area contributed by atoms with Crippen LogP contribution in [0.15, 0.2) is 30.5 Å². The van der Waals surface area contributed by atoms with Gasteiger partial charge in [0.25, 0.3) is 0 Å². The third-order valence-electron chi connectivity index (χ3n) is 5.69. The Labute approximate surface area is 169 Å². The zero-order valence-corrected chi connectivity index (χ0v) is 16.4. The first-order valence-corrected chi connectivity index (χ1v) is 9.98. The lowest BCUT2D eigenvalue weighted by atomic mass is 9.85. The number of rotatable bonds is 8. The number of anilines is 1. The van der Waals surface area contributed by atoms with Crippen LogP contribution in [0.3, 0.4) is 0 Å². The number of carbonyl (C=O) groups excluding carboxylic acids is 1. The molecule has 2 fully saturated rings. The maximum atomic E-state index is 12.5. The van der Waals surface area contributed by atoms with E-state index in [0.717, 1.165) is 24.8 Å². The topological polar surface area (TPSA) is 104 Å². The van der Waals surface area contributed by atoms with E-state index in [0.29, 0.717) is 22.9 Å². The van der Waals surface area contributed by atoms with E-state index in [1.165, 1.54) is 12.8 Å². The standard InChI is InChI=1S/C21H26N4O4/c1-29-18-7-6-17(16-3-2-8-22-20(16)18)24-21(28)23-14-9-15(10-14)25(12-19(26)27)11-13-4-5-13/h2-3,6-8,13-15H,4-5,9-12H2,1H3,(H,26,27)(H2,23,24,28). The summed E-state index contributed by atoms with van der Waals surface area (Å²) in [5.41, 5.74) is 1.37. The molecule has 0 saturated heterocycles. The van der Waals surface area contributed by atoms with Crippen molar-refractivity contribution in [1.82, 2.24) is 15.2 Å². The Balaban J connectivity index is 1.33. The van der Waals surface area contributed by atoms with Crippen LogP contribution in [0.25, 0.3) is 10.9 Å². The average Bonchev–Trinajstić information content (AvgIpc) is 3.48. The molecule has 4 rings (SSSR count). The van der Waals surface area contributed by atoms with Crippen LogP contribution in [0.2, 0.25) is 0 Å². The molecule has 2 saturated carbocycles. The molecular formula is C21H26N4O4. The Morgan fingerprint density at radius 3 is 2.76 bits per heavy atom. The highest BCUT2D eigenvalue weighted by Crippen LogP contribution is 2.34. The molecule has 0 bridgehead atoms. The van der Waals surface area contributed by atoms with E-state index >= 15 is 0 Å². The van der Waals surface area contributed by atoms with Crippen molar-refractivity contribution in [1.29, 1.82) is 0 Å². The zero-order valence-electron chi connectivity index (χ0n) is 16.4. The second-order valence-corrected chi connectivity index (χ2v) is 7.90. The van der Waals surface area contributed by atoms with Gasteiger partial charge in [0.2, 0.25) is 0 Å². The number of nitrogens with one attached hydrogen (secondary N) is 2.